The van der Waals surface area contributed by atoms with Crippen molar-refractivity contribution < 1.29 is 9.15 Å². The van der Waals surface area contributed by atoms with Gasteiger partial charge in [0.1, 0.15) is 11.5 Å². The fourth-order valence-electron chi connectivity index (χ4n) is 1.57. The lowest BCUT2D eigenvalue weighted by atomic mass is 10.0. The molecular weight excluding hydrogens is 216 g/mol. The van der Waals surface area contributed by atoms with Gasteiger partial charge in [-0.05, 0) is 25.3 Å². The van der Waals surface area contributed by atoms with Gasteiger partial charge in [0.15, 0.2) is 0 Å². The average molecular weight is 236 g/mol. The van der Waals surface area contributed by atoms with Crippen LogP contribution in [0.25, 0.3) is 5.57 Å². The molecule has 0 saturated carbocycles. The third-order valence-corrected chi connectivity index (χ3v) is 2.93. The first-order valence-corrected chi connectivity index (χ1v) is 5.87. The molecule has 0 aliphatic heterocycles. The second-order valence-corrected chi connectivity index (χ2v) is 4.33. The van der Waals surface area contributed by atoms with Crippen molar-refractivity contribution in [3.05, 3.63) is 33.9 Å². The average Bonchev–Trinajstić information content (AvgIpc) is 2.32. The number of hydrogen-bond donors (Lipinski definition) is 0. The normalized spacial score (nSPS) is 13.6. The van der Waals surface area contributed by atoms with Gasteiger partial charge in [0.2, 0.25) is 0 Å². The molecule has 0 spiro atoms. The third kappa shape index (κ3) is 3.22. The Kier molecular flexibility index (Phi) is 4.55. The molecule has 0 aliphatic carbocycles. The predicted octanol–water partition coefficient (Wildman–Crippen LogP) is 3.41. The van der Waals surface area contributed by atoms with Crippen LogP contribution in [-0.4, -0.2) is 7.11 Å². The Balaban J connectivity index is 3.20. The van der Waals surface area contributed by atoms with E-state index in [2.05, 4.69) is 19.9 Å². The van der Waals surface area contributed by atoms with Crippen molar-refractivity contribution in [2.75, 3.05) is 7.11 Å². The van der Waals surface area contributed by atoms with Gasteiger partial charge in [-0.3, -0.25) is 0 Å². The van der Waals surface area contributed by atoms with Gasteiger partial charge >= 0.3 is 5.63 Å². The summed E-state index contributed by atoms with van der Waals surface area (Å²) in [5.74, 6) is 1.62. The summed E-state index contributed by atoms with van der Waals surface area (Å²) >= 11 is 0. The highest BCUT2D eigenvalue weighted by molar-refractivity contribution is 5.60. The zero-order chi connectivity index (χ0) is 13.0. The van der Waals surface area contributed by atoms with Crippen LogP contribution in [0.4, 0.5) is 0 Å². The first kappa shape index (κ1) is 13.6. The second kappa shape index (κ2) is 5.71. The lowest BCUT2D eigenvalue weighted by Crippen LogP contribution is -2.07. The topological polar surface area (TPSA) is 39.4 Å². The van der Waals surface area contributed by atoms with Crippen LogP contribution in [0.3, 0.4) is 0 Å². The molecule has 0 radical (unpaired) electrons. The molecule has 0 N–H and O–H groups in total. The summed E-state index contributed by atoms with van der Waals surface area (Å²) < 4.78 is 10.4. The Labute approximate surface area is 102 Å². The molecule has 1 heterocycles. The van der Waals surface area contributed by atoms with E-state index in [1.54, 1.807) is 20.1 Å². The third-order valence-electron chi connectivity index (χ3n) is 2.93. The number of allylic oxidation sites excluding steroid dienone is 2. The molecule has 17 heavy (non-hydrogen) atoms. The van der Waals surface area contributed by atoms with Crippen LogP contribution in [0.2, 0.25) is 0 Å². The molecule has 0 amide bonds. The minimum atomic E-state index is -0.337. The van der Waals surface area contributed by atoms with Gasteiger partial charge < -0.3 is 9.15 Å². The summed E-state index contributed by atoms with van der Waals surface area (Å²) in [7, 11) is 1.55. The first-order chi connectivity index (χ1) is 7.99. The summed E-state index contributed by atoms with van der Waals surface area (Å²) in [6.07, 6.45) is 3.16. The minimum Gasteiger partial charge on any atom is -0.496 e. The highest BCUT2D eigenvalue weighted by atomic mass is 16.5. The Hall–Kier alpha value is -1.51. The molecule has 0 bridgehead atoms. The van der Waals surface area contributed by atoms with Gasteiger partial charge in [-0.1, -0.05) is 26.3 Å². The van der Waals surface area contributed by atoms with Crippen LogP contribution in [0.15, 0.2) is 21.4 Å². The van der Waals surface area contributed by atoms with Gasteiger partial charge in [-0.25, -0.2) is 4.79 Å². The number of methoxy groups -OCH3 is 1. The van der Waals surface area contributed by atoms with Crippen molar-refractivity contribution in [1.82, 2.24) is 0 Å². The van der Waals surface area contributed by atoms with Crippen LogP contribution in [0.5, 0.6) is 5.75 Å². The summed E-state index contributed by atoms with van der Waals surface area (Å²) in [6, 6.07) is 1.77. The summed E-state index contributed by atoms with van der Waals surface area (Å²) in [6.45, 7) is 7.90. The fourth-order valence-corrected chi connectivity index (χ4v) is 1.57. The molecule has 0 unspecified atom stereocenters. The molecule has 3 nitrogen and oxygen atoms in total. The number of ether oxygens (including phenoxy) is 1. The van der Waals surface area contributed by atoms with E-state index < -0.39 is 0 Å². The van der Waals surface area contributed by atoms with Crippen molar-refractivity contribution in [3.63, 3.8) is 0 Å². The Morgan fingerprint density at radius 3 is 2.76 bits per heavy atom. The quantitative estimate of drug-likeness (QED) is 0.804. The van der Waals surface area contributed by atoms with Crippen molar-refractivity contribution in [3.8, 4) is 5.75 Å². The largest absolute Gasteiger partial charge is 0.496 e. The first-order valence-electron chi connectivity index (χ1n) is 5.87. The van der Waals surface area contributed by atoms with Gasteiger partial charge in [-0.15, -0.1) is 0 Å². The summed E-state index contributed by atoms with van der Waals surface area (Å²) in [4.78, 5) is 11.6. The van der Waals surface area contributed by atoms with Crippen LogP contribution >= 0.6 is 0 Å². The highest BCUT2D eigenvalue weighted by Crippen LogP contribution is 2.22. The Morgan fingerprint density at radius 2 is 2.24 bits per heavy atom. The molecule has 1 aromatic heterocycles. The maximum absolute atomic E-state index is 11.6. The highest BCUT2D eigenvalue weighted by Gasteiger charge is 2.09. The standard InChI is InChI=1S/C14H20O3/c1-6-9(2)7-10(3)12-8-13(16-5)11(4)14(15)17-12/h7-9H,6H2,1-5H3/b10-7+/t9-/m1/s1. The van der Waals surface area contributed by atoms with E-state index in [0.717, 1.165) is 12.0 Å². The van der Waals surface area contributed by atoms with Crippen LogP contribution in [0, 0.1) is 12.8 Å². The summed E-state index contributed by atoms with van der Waals surface area (Å²) in [5.41, 5.74) is 1.14. The van der Waals surface area contributed by atoms with Crippen molar-refractivity contribution >= 4 is 5.57 Å². The monoisotopic (exact) mass is 236 g/mol. The van der Waals surface area contributed by atoms with Crippen LogP contribution in [0.1, 0.15) is 38.5 Å². The van der Waals surface area contributed by atoms with Gasteiger partial charge in [0, 0.05) is 6.07 Å². The smallest absolute Gasteiger partial charge is 0.342 e. The molecule has 3 heteroatoms. The predicted molar refractivity (Wildman–Crippen MR) is 69.4 cm³/mol. The minimum absolute atomic E-state index is 0.337. The van der Waals surface area contributed by atoms with E-state index >= 15 is 0 Å². The zero-order valence-corrected chi connectivity index (χ0v) is 11.2. The molecular formula is C14H20O3. The molecule has 1 aromatic rings. The van der Waals surface area contributed by atoms with Crippen molar-refractivity contribution in [1.29, 1.82) is 0 Å². The SMILES string of the molecule is CC[C@@H](C)/C=C(\C)c1cc(OC)c(C)c(=O)o1. The van der Waals surface area contributed by atoms with E-state index in [1.807, 2.05) is 6.92 Å². The number of hydrogen-bond acceptors (Lipinski definition) is 3. The van der Waals surface area contributed by atoms with Gasteiger partial charge in [0.25, 0.3) is 0 Å². The van der Waals surface area contributed by atoms with E-state index in [-0.39, 0.29) is 5.63 Å². The molecule has 0 fully saturated rings. The van der Waals surface area contributed by atoms with Gasteiger partial charge in [0.05, 0.1) is 12.7 Å². The fraction of sp³-hybridized carbons (Fsp3) is 0.500. The van der Waals surface area contributed by atoms with Crippen molar-refractivity contribution in [2.45, 2.75) is 34.1 Å². The molecule has 94 valence electrons. The maximum atomic E-state index is 11.6. The Bertz CT molecular complexity index is 469. The van der Waals surface area contributed by atoms with Crippen LogP contribution < -0.4 is 10.4 Å². The second-order valence-electron chi connectivity index (χ2n) is 4.33. The zero-order valence-electron chi connectivity index (χ0n) is 11.2. The van der Waals surface area contributed by atoms with Gasteiger partial charge in [-0.2, -0.15) is 0 Å². The molecule has 1 rings (SSSR count). The van der Waals surface area contributed by atoms with E-state index in [0.29, 0.717) is 23.0 Å². The molecule has 0 saturated heterocycles. The number of rotatable bonds is 4. The van der Waals surface area contributed by atoms with E-state index in [4.69, 9.17) is 9.15 Å². The molecule has 1 atom stereocenters. The molecule has 0 aliphatic rings. The van der Waals surface area contributed by atoms with E-state index in [9.17, 15) is 4.79 Å². The lowest BCUT2D eigenvalue weighted by molar-refractivity contribution is 0.394. The maximum Gasteiger partial charge on any atom is 0.342 e. The lowest BCUT2D eigenvalue weighted by Gasteiger charge is -2.08. The Morgan fingerprint density at radius 1 is 1.59 bits per heavy atom. The van der Waals surface area contributed by atoms with E-state index in [1.165, 1.54) is 0 Å². The van der Waals surface area contributed by atoms with Crippen molar-refractivity contribution in [2.24, 2.45) is 5.92 Å². The summed E-state index contributed by atoms with van der Waals surface area (Å²) in [5, 5.41) is 0. The van der Waals surface area contributed by atoms with Crippen LogP contribution in [-0.2, 0) is 0 Å². The molecule has 0 aromatic carbocycles.